The highest BCUT2D eigenvalue weighted by atomic mass is 16.5. The van der Waals surface area contributed by atoms with Gasteiger partial charge in [0, 0.05) is 0 Å². The molecular weight excluding hydrogens is 228 g/mol. The third-order valence-electron chi connectivity index (χ3n) is 2.58. The Bertz CT molecular complexity index is 561. The van der Waals surface area contributed by atoms with Crippen molar-refractivity contribution in [3.05, 3.63) is 53.6 Å². The molecule has 0 heterocycles. The zero-order chi connectivity index (χ0) is 13.0. The van der Waals surface area contributed by atoms with Crippen molar-refractivity contribution < 1.29 is 14.3 Å². The molecule has 3 heteroatoms. The lowest BCUT2D eigenvalue weighted by molar-refractivity contribution is 0.112. The van der Waals surface area contributed by atoms with Crippen molar-refractivity contribution in [2.75, 3.05) is 7.11 Å². The standard InChI is InChI=1S/C15H14O3/c1-11-7-8-13(12(9-11)10-16)18-15-6-4-3-5-14(15)17-2/h3-10H,1-2H3. The molecule has 0 spiro atoms. The largest absolute Gasteiger partial charge is 0.493 e. The molecule has 0 atom stereocenters. The lowest BCUT2D eigenvalue weighted by Crippen LogP contribution is -1.93. The third kappa shape index (κ3) is 2.51. The average molecular weight is 242 g/mol. The van der Waals surface area contributed by atoms with Crippen molar-refractivity contribution in [2.45, 2.75) is 6.92 Å². The fourth-order valence-electron chi connectivity index (χ4n) is 1.67. The van der Waals surface area contributed by atoms with E-state index in [0.29, 0.717) is 22.8 Å². The van der Waals surface area contributed by atoms with E-state index < -0.39 is 0 Å². The quantitative estimate of drug-likeness (QED) is 0.768. The lowest BCUT2D eigenvalue weighted by atomic mass is 10.1. The summed E-state index contributed by atoms with van der Waals surface area (Å²) in [5, 5.41) is 0. The second-order valence-electron chi connectivity index (χ2n) is 3.91. The summed E-state index contributed by atoms with van der Waals surface area (Å²) in [5.41, 5.74) is 1.55. The summed E-state index contributed by atoms with van der Waals surface area (Å²) in [5.74, 6) is 1.75. The molecule has 0 aliphatic carbocycles. The van der Waals surface area contributed by atoms with Gasteiger partial charge in [0.25, 0.3) is 0 Å². The molecule has 92 valence electrons. The molecule has 2 aromatic rings. The maximum atomic E-state index is 11.0. The molecule has 0 radical (unpaired) electrons. The van der Waals surface area contributed by atoms with Crippen LogP contribution in [-0.2, 0) is 0 Å². The van der Waals surface area contributed by atoms with Gasteiger partial charge in [-0.2, -0.15) is 0 Å². The van der Waals surface area contributed by atoms with E-state index >= 15 is 0 Å². The van der Waals surface area contributed by atoms with Gasteiger partial charge in [-0.3, -0.25) is 4.79 Å². The summed E-state index contributed by atoms with van der Waals surface area (Å²) in [6.45, 7) is 1.93. The molecule has 3 nitrogen and oxygen atoms in total. The fourth-order valence-corrected chi connectivity index (χ4v) is 1.67. The topological polar surface area (TPSA) is 35.5 Å². The molecule has 0 bridgehead atoms. The van der Waals surface area contributed by atoms with Gasteiger partial charge in [-0.05, 0) is 31.2 Å². The summed E-state index contributed by atoms with van der Waals surface area (Å²) < 4.78 is 10.9. The normalized spacial score (nSPS) is 9.89. The van der Waals surface area contributed by atoms with Crippen LogP contribution in [0.4, 0.5) is 0 Å². The number of para-hydroxylation sites is 2. The van der Waals surface area contributed by atoms with Gasteiger partial charge in [0.15, 0.2) is 17.8 Å². The molecule has 0 aliphatic heterocycles. The maximum Gasteiger partial charge on any atom is 0.169 e. The molecule has 0 fully saturated rings. The number of benzene rings is 2. The van der Waals surface area contributed by atoms with E-state index in [0.717, 1.165) is 11.8 Å². The number of aldehydes is 1. The van der Waals surface area contributed by atoms with Crippen molar-refractivity contribution in [1.82, 2.24) is 0 Å². The Hall–Kier alpha value is -2.29. The molecule has 0 amide bonds. The Morgan fingerprint density at radius 3 is 2.39 bits per heavy atom. The van der Waals surface area contributed by atoms with E-state index in [1.165, 1.54) is 0 Å². The van der Waals surface area contributed by atoms with Crippen LogP contribution in [0.1, 0.15) is 15.9 Å². The molecule has 0 aliphatic rings. The Balaban J connectivity index is 2.36. The minimum atomic E-state index is 0.528. The first-order valence-corrected chi connectivity index (χ1v) is 5.61. The SMILES string of the molecule is COc1ccccc1Oc1ccc(C)cc1C=O. The molecule has 18 heavy (non-hydrogen) atoms. The van der Waals surface area contributed by atoms with Crippen LogP contribution in [-0.4, -0.2) is 13.4 Å². The number of aryl methyl sites for hydroxylation is 1. The number of methoxy groups -OCH3 is 1. The van der Waals surface area contributed by atoms with Crippen LogP contribution in [0.15, 0.2) is 42.5 Å². The summed E-state index contributed by atoms with van der Waals surface area (Å²) in [6.07, 6.45) is 0.789. The third-order valence-corrected chi connectivity index (χ3v) is 2.58. The first-order valence-electron chi connectivity index (χ1n) is 5.61. The van der Waals surface area contributed by atoms with Gasteiger partial charge >= 0.3 is 0 Å². The van der Waals surface area contributed by atoms with E-state index in [-0.39, 0.29) is 0 Å². The van der Waals surface area contributed by atoms with E-state index in [9.17, 15) is 4.79 Å². The summed E-state index contributed by atoms with van der Waals surface area (Å²) >= 11 is 0. The first kappa shape index (κ1) is 12.2. The molecule has 0 unspecified atom stereocenters. The molecular formula is C15H14O3. The molecule has 2 aromatic carbocycles. The molecule has 2 rings (SSSR count). The number of rotatable bonds is 4. The second kappa shape index (κ2) is 5.36. The van der Waals surface area contributed by atoms with E-state index in [1.807, 2.05) is 31.2 Å². The van der Waals surface area contributed by atoms with Gasteiger partial charge < -0.3 is 9.47 Å². The molecule has 0 saturated carbocycles. The van der Waals surface area contributed by atoms with Gasteiger partial charge in [-0.25, -0.2) is 0 Å². The highest BCUT2D eigenvalue weighted by Crippen LogP contribution is 2.32. The van der Waals surface area contributed by atoms with Crippen LogP contribution in [0.25, 0.3) is 0 Å². The van der Waals surface area contributed by atoms with Gasteiger partial charge in [0.05, 0.1) is 12.7 Å². The van der Waals surface area contributed by atoms with Crippen molar-refractivity contribution in [3.63, 3.8) is 0 Å². The zero-order valence-electron chi connectivity index (χ0n) is 10.3. The zero-order valence-corrected chi connectivity index (χ0v) is 10.3. The van der Waals surface area contributed by atoms with E-state index in [2.05, 4.69) is 0 Å². The minimum Gasteiger partial charge on any atom is -0.493 e. The number of hydrogen-bond donors (Lipinski definition) is 0. The summed E-state index contributed by atoms with van der Waals surface area (Å²) in [4.78, 5) is 11.0. The number of hydrogen-bond acceptors (Lipinski definition) is 3. The molecule has 0 saturated heterocycles. The highest BCUT2D eigenvalue weighted by Gasteiger charge is 2.08. The van der Waals surface area contributed by atoms with Crippen LogP contribution in [0.5, 0.6) is 17.2 Å². The van der Waals surface area contributed by atoms with Crippen LogP contribution in [0.2, 0.25) is 0 Å². The molecule has 0 N–H and O–H groups in total. The predicted molar refractivity (Wildman–Crippen MR) is 69.6 cm³/mol. The maximum absolute atomic E-state index is 11.0. The van der Waals surface area contributed by atoms with Crippen LogP contribution < -0.4 is 9.47 Å². The van der Waals surface area contributed by atoms with Crippen molar-refractivity contribution in [3.8, 4) is 17.2 Å². The number of carbonyl (C=O) groups excluding carboxylic acids is 1. The van der Waals surface area contributed by atoms with Gasteiger partial charge in [0.1, 0.15) is 5.75 Å². The first-order chi connectivity index (χ1) is 8.74. The van der Waals surface area contributed by atoms with Gasteiger partial charge in [0.2, 0.25) is 0 Å². The fraction of sp³-hybridized carbons (Fsp3) is 0.133. The average Bonchev–Trinajstić information content (AvgIpc) is 2.41. The number of carbonyl (C=O) groups is 1. The Labute approximate surface area is 106 Å². The number of ether oxygens (including phenoxy) is 2. The predicted octanol–water partition coefficient (Wildman–Crippen LogP) is 3.61. The molecule has 0 aromatic heterocycles. The Kier molecular flexibility index (Phi) is 3.63. The lowest BCUT2D eigenvalue weighted by Gasteiger charge is -2.11. The van der Waals surface area contributed by atoms with E-state index in [1.54, 1.807) is 25.3 Å². The van der Waals surface area contributed by atoms with Crippen LogP contribution in [0, 0.1) is 6.92 Å². The van der Waals surface area contributed by atoms with Crippen LogP contribution >= 0.6 is 0 Å². The summed E-state index contributed by atoms with van der Waals surface area (Å²) in [7, 11) is 1.58. The monoisotopic (exact) mass is 242 g/mol. The van der Waals surface area contributed by atoms with Crippen molar-refractivity contribution in [1.29, 1.82) is 0 Å². The van der Waals surface area contributed by atoms with Crippen LogP contribution in [0.3, 0.4) is 0 Å². The smallest absolute Gasteiger partial charge is 0.169 e. The minimum absolute atomic E-state index is 0.528. The van der Waals surface area contributed by atoms with Crippen molar-refractivity contribution in [2.24, 2.45) is 0 Å². The Morgan fingerprint density at radius 2 is 1.72 bits per heavy atom. The highest BCUT2D eigenvalue weighted by molar-refractivity contribution is 5.80. The Morgan fingerprint density at radius 1 is 1.00 bits per heavy atom. The second-order valence-corrected chi connectivity index (χ2v) is 3.91. The van der Waals surface area contributed by atoms with E-state index in [4.69, 9.17) is 9.47 Å². The van der Waals surface area contributed by atoms with Crippen molar-refractivity contribution >= 4 is 6.29 Å². The van der Waals surface area contributed by atoms with Gasteiger partial charge in [-0.15, -0.1) is 0 Å². The summed E-state index contributed by atoms with van der Waals surface area (Å²) in [6, 6.07) is 12.8. The van der Waals surface area contributed by atoms with Gasteiger partial charge in [-0.1, -0.05) is 23.8 Å².